The lowest BCUT2D eigenvalue weighted by molar-refractivity contribution is -0.237. The first-order valence-electron chi connectivity index (χ1n) is 10.6. The molecule has 2 aliphatic heterocycles. The molecule has 6 heteroatoms. The van der Waals surface area contributed by atoms with Crippen LogP contribution < -0.4 is 0 Å². The van der Waals surface area contributed by atoms with Gasteiger partial charge in [-0.3, -0.25) is 4.79 Å². The van der Waals surface area contributed by atoms with E-state index in [1.165, 1.54) is 0 Å². The molecule has 0 N–H and O–H groups in total. The Kier molecular flexibility index (Phi) is 8.39. The highest BCUT2D eigenvalue weighted by atomic mass is 127. The van der Waals surface area contributed by atoms with Crippen molar-refractivity contribution in [1.82, 2.24) is 0 Å². The average molecular weight is 523 g/mol. The van der Waals surface area contributed by atoms with Crippen molar-refractivity contribution >= 4 is 36.7 Å². The summed E-state index contributed by atoms with van der Waals surface area (Å²) in [6, 6.07) is 0. The number of ketones is 1. The van der Waals surface area contributed by atoms with Crippen molar-refractivity contribution in [3.63, 3.8) is 0 Å². The maximum absolute atomic E-state index is 11.5. The number of ether oxygens (including phenoxy) is 2. The minimum atomic E-state index is -1.92. The standard InChI is InChI=1S/C22H39IO4Si/c1-14(24)13-17-9-10-18-20(25-17)15(2)16(3)21(26-18)19(11-12-23)27-28(7,8)22(4,5)6/h11-12,15-21H,9-10,13H2,1-8H3/b12-11+/t15-,16+,17-,18?,19+,20?,21-/m1/s1. The van der Waals surface area contributed by atoms with Gasteiger partial charge in [0.25, 0.3) is 0 Å². The fourth-order valence-electron chi connectivity index (χ4n) is 4.08. The van der Waals surface area contributed by atoms with Gasteiger partial charge in [-0.1, -0.05) is 57.2 Å². The molecule has 0 spiro atoms. The van der Waals surface area contributed by atoms with Gasteiger partial charge < -0.3 is 13.9 Å². The molecular weight excluding hydrogens is 483 g/mol. The molecule has 0 aromatic rings. The SMILES string of the molecule is CC(=O)C[C@H]1CCC2O[C@@H]([C@H](/C=C/I)O[Si](C)(C)C(C)(C)C)[C@@H](C)[C@@H](C)C2O1. The number of hydrogen-bond acceptors (Lipinski definition) is 4. The van der Waals surface area contributed by atoms with Crippen LogP contribution in [-0.2, 0) is 18.7 Å². The third kappa shape index (κ3) is 5.68. The zero-order chi connectivity index (χ0) is 21.3. The Labute approximate surface area is 186 Å². The van der Waals surface area contributed by atoms with Crippen molar-refractivity contribution < 1.29 is 18.7 Å². The Morgan fingerprint density at radius 3 is 2.39 bits per heavy atom. The summed E-state index contributed by atoms with van der Waals surface area (Å²) in [7, 11) is -1.92. The van der Waals surface area contributed by atoms with E-state index in [1.54, 1.807) is 6.92 Å². The molecule has 0 aromatic carbocycles. The number of carbonyl (C=O) groups is 1. The fourth-order valence-corrected chi connectivity index (χ4v) is 5.73. The highest BCUT2D eigenvalue weighted by Crippen LogP contribution is 2.43. The van der Waals surface area contributed by atoms with Crippen LogP contribution in [0.25, 0.3) is 0 Å². The first-order valence-corrected chi connectivity index (χ1v) is 14.8. The smallest absolute Gasteiger partial charge is 0.193 e. The van der Waals surface area contributed by atoms with Gasteiger partial charge in [0, 0.05) is 6.42 Å². The Balaban J connectivity index is 2.17. The minimum Gasteiger partial charge on any atom is -0.408 e. The number of carbonyl (C=O) groups excluding carboxylic acids is 1. The molecule has 2 saturated heterocycles. The summed E-state index contributed by atoms with van der Waals surface area (Å²) < 4.78 is 21.8. The molecule has 0 amide bonds. The Morgan fingerprint density at radius 1 is 1.21 bits per heavy atom. The largest absolute Gasteiger partial charge is 0.408 e. The summed E-state index contributed by atoms with van der Waals surface area (Å²) >= 11 is 2.28. The topological polar surface area (TPSA) is 44.8 Å². The zero-order valence-electron chi connectivity index (χ0n) is 18.8. The summed E-state index contributed by atoms with van der Waals surface area (Å²) in [6.07, 6.45) is 4.73. The van der Waals surface area contributed by atoms with E-state index in [9.17, 15) is 4.79 Å². The van der Waals surface area contributed by atoms with Crippen LogP contribution in [0.15, 0.2) is 10.2 Å². The minimum absolute atomic E-state index is 0.0318. The molecule has 0 bridgehead atoms. The van der Waals surface area contributed by atoms with Crippen LogP contribution in [0.4, 0.5) is 0 Å². The van der Waals surface area contributed by atoms with Gasteiger partial charge >= 0.3 is 0 Å². The summed E-state index contributed by atoms with van der Waals surface area (Å²) in [5, 5.41) is 0.157. The van der Waals surface area contributed by atoms with E-state index >= 15 is 0 Å². The molecule has 2 heterocycles. The van der Waals surface area contributed by atoms with Crippen LogP contribution in [-0.4, -0.2) is 44.6 Å². The third-order valence-corrected chi connectivity index (χ3v) is 11.9. The predicted molar refractivity (Wildman–Crippen MR) is 125 cm³/mol. The van der Waals surface area contributed by atoms with Gasteiger partial charge in [-0.05, 0) is 59.9 Å². The Bertz CT molecular complexity index is 569. The second-order valence-electron chi connectivity index (χ2n) is 10.2. The van der Waals surface area contributed by atoms with E-state index in [4.69, 9.17) is 13.9 Å². The highest BCUT2D eigenvalue weighted by Gasteiger charge is 2.49. The van der Waals surface area contributed by atoms with Crippen LogP contribution in [0.2, 0.25) is 18.1 Å². The molecule has 0 saturated carbocycles. The van der Waals surface area contributed by atoms with E-state index in [2.05, 4.69) is 80.5 Å². The molecule has 2 unspecified atom stereocenters. The van der Waals surface area contributed by atoms with Gasteiger partial charge in [-0.15, -0.1) is 0 Å². The first-order chi connectivity index (χ1) is 12.9. The molecule has 0 radical (unpaired) electrons. The lowest BCUT2D eigenvalue weighted by Crippen LogP contribution is -2.58. The normalized spacial score (nSPS) is 35.6. The summed E-state index contributed by atoms with van der Waals surface area (Å²) in [4.78, 5) is 11.5. The molecule has 2 fully saturated rings. The van der Waals surface area contributed by atoms with Crippen molar-refractivity contribution in [3.05, 3.63) is 10.2 Å². The van der Waals surface area contributed by atoms with E-state index in [0.717, 1.165) is 12.8 Å². The fraction of sp³-hybridized carbons (Fsp3) is 0.864. The highest BCUT2D eigenvalue weighted by molar-refractivity contribution is 14.1. The van der Waals surface area contributed by atoms with E-state index in [1.807, 2.05) is 0 Å². The van der Waals surface area contributed by atoms with Crippen molar-refractivity contribution in [1.29, 1.82) is 0 Å². The second kappa shape index (κ2) is 9.58. The zero-order valence-corrected chi connectivity index (χ0v) is 22.0. The van der Waals surface area contributed by atoms with Gasteiger partial charge in [0.05, 0.1) is 30.5 Å². The van der Waals surface area contributed by atoms with E-state index in [0.29, 0.717) is 18.3 Å². The summed E-state index contributed by atoms with van der Waals surface area (Å²) in [6.45, 7) is 17.6. The van der Waals surface area contributed by atoms with Crippen LogP contribution in [0.1, 0.15) is 60.8 Å². The lowest BCUT2D eigenvalue weighted by Gasteiger charge is -2.51. The molecule has 162 valence electrons. The molecule has 2 aliphatic rings. The second-order valence-corrected chi connectivity index (χ2v) is 15.7. The van der Waals surface area contributed by atoms with Gasteiger partial charge in [-0.25, -0.2) is 0 Å². The third-order valence-electron chi connectivity index (χ3n) is 7.03. The summed E-state index contributed by atoms with van der Waals surface area (Å²) in [5.74, 6) is 0.889. The average Bonchev–Trinajstić information content (AvgIpc) is 2.56. The quantitative estimate of drug-likeness (QED) is 0.322. The number of hydrogen-bond donors (Lipinski definition) is 0. The van der Waals surface area contributed by atoms with Crippen LogP contribution in [0, 0.1) is 11.8 Å². The molecule has 4 nitrogen and oxygen atoms in total. The van der Waals surface area contributed by atoms with E-state index < -0.39 is 8.32 Å². The van der Waals surface area contributed by atoms with Gasteiger partial charge in [0.1, 0.15) is 5.78 Å². The lowest BCUT2D eigenvalue weighted by atomic mass is 9.77. The number of fused-ring (bicyclic) bond motifs is 1. The number of rotatable bonds is 6. The molecular formula is C22H39IO4Si. The maximum Gasteiger partial charge on any atom is 0.193 e. The van der Waals surface area contributed by atoms with E-state index in [-0.39, 0.29) is 41.3 Å². The maximum atomic E-state index is 11.5. The summed E-state index contributed by atoms with van der Waals surface area (Å²) in [5.41, 5.74) is 0. The molecule has 0 aromatic heterocycles. The van der Waals surface area contributed by atoms with Gasteiger partial charge in [0.2, 0.25) is 0 Å². The van der Waals surface area contributed by atoms with Crippen LogP contribution in [0.3, 0.4) is 0 Å². The Morgan fingerprint density at radius 2 is 1.86 bits per heavy atom. The number of Topliss-reactive ketones (excluding diaryl/α,β-unsaturated/α-hetero) is 1. The molecule has 7 atom stereocenters. The predicted octanol–water partition coefficient (Wildman–Crippen LogP) is 5.89. The molecule has 0 aliphatic carbocycles. The molecule has 2 rings (SSSR count). The van der Waals surface area contributed by atoms with Crippen molar-refractivity contribution in [3.8, 4) is 0 Å². The van der Waals surface area contributed by atoms with Crippen LogP contribution >= 0.6 is 22.6 Å². The van der Waals surface area contributed by atoms with Gasteiger partial charge in [0.15, 0.2) is 8.32 Å². The van der Waals surface area contributed by atoms with Crippen molar-refractivity contribution in [2.75, 3.05) is 0 Å². The first kappa shape index (κ1) is 24.5. The number of halogens is 1. The van der Waals surface area contributed by atoms with Crippen LogP contribution in [0.5, 0.6) is 0 Å². The van der Waals surface area contributed by atoms with Gasteiger partial charge in [-0.2, -0.15) is 0 Å². The monoisotopic (exact) mass is 522 g/mol. The molecule has 28 heavy (non-hydrogen) atoms. The van der Waals surface area contributed by atoms with Crippen molar-refractivity contribution in [2.45, 2.75) is 109 Å². The van der Waals surface area contributed by atoms with Crippen molar-refractivity contribution in [2.24, 2.45) is 11.8 Å². The Hall–Kier alpha value is 0.237.